The van der Waals surface area contributed by atoms with Crippen molar-refractivity contribution in [3.05, 3.63) is 222 Å². The number of fused-ring (bicyclic) bond motifs is 14. The maximum absolute atomic E-state index is 6.87. The van der Waals surface area contributed by atoms with E-state index in [0.717, 1.165) is 28.3 Å². The average Bonchev–Trinajstić information content (AvgIpc) is 3.79. The fraction of sp³-hybridized carbons (Fsp3) is 0.0189. The van der Waals surface area contributed by atoms with Crippen LogP contribution in [0.1, 0.15) is 22.3 Å². The minimum Gasteiger partial charge on any atom is -0.456 e. The molecule has 0 bridgehead atoms. The Kier molecular flexibility index (Phi) is 6.75. The van der Waals surface area contributed by atoms with Crippen LogP contribution in [0.25, 0.3) is 53.2 Å². The maximum atomic E-state index is 6.87. The summed E-state index contributed by atoms with van der Waals surface area (Å²) < 4.78 is 9.46. The van der Waals surface area contributed by atoms with Gasteiger partial charge in [0.15, 0.2) is 0 Å². The molecule has 10 aromatic rings. The lowest BCUT2D eigenvalue weighted by atomic mass is 9.65. The normalized spacial score (nSPS) is 15.0. The second kappa shape index (κ2) is 12.0. The number of benzene rings is 9. The van der Waals surface area contributed by atoms with Crippen LogP contribution in [0.2, 0.25) is 0 Å². The topological polar surface area (TPSA) is 12.5 Å². The van der Waals surface area contributed by atoms with Crippen LogP contribution in [0.15, 0.2) is 200 Å². The third kappa shape index (κ3) is 4.32. The number of nitrogens with zero attached hydrogens (tertiary/aromatic N) is 1. The molecule has 56 heavy (non-hydrogen) atoms. The molecule has 1 atom stereocenters. The van der Waals surface area contributed by atoms with Gasteiger partial charge >= 0.3 is 0 Å². The molecule has 0 radical (unpaired) electrons. The van der Waals surface area contributed by atoms with Gasteiger partial charge in [0.25, 0.3) is 0 Å². The van der Waals surface area contributed by atoms with Gasteiger partial charge in [-0.05, 0) is 81.2 Å². The minimum atomic E-state index is -0.539. The molecule has 0 saturated heterocycles. The van der Waals surface area contributed by atoms with Gasteiger partial charge in [0.1, 0.15) is 11.5 Å². The van der Waals surface area contributed by atoms with E-state index in [1.807, 2.05) is 11.3 Å². The van der Waals surface area contributed by atoms with E-state index < -0.39 is 5.41 Å². The predicted octanol–water partition coefficient (Wildman–Crippen LogP) is 14.8. The molecule has 12 rings (SSSR count). The summed E-state index contributed by atoms with van der Waals surface area (Å²) >= 11 is 1.86. The highest BCUT2D eigenvalue weighted by molar-refractivity contribution is 7.26. The smallest absolute Gasteiger partial charge is 0.140 e. The number of para-hydroxylation sites is 2. The van der Waals surface area contributed by atoms with E-state index >= 15 is 0 Å². The molecule has 0 fully saturated rings. The second-order valence-electron chi connectivity index (χ2n) is 14.8. The zero-order chi connectivity index (χ0) is 36.8. The van der Waals surface area contributed by atoms with E-state index in [1.165, 1.54) is 75.8 Å². The predicted molar refractivity (Wildman–Crippen MR) is 234 cm³/mol. The molecule has 2 aliphatic rings. The summed E-state index contributed by atoms with van der Waals surface area (Å²) in [5.74, 6) is 1.84. The van der Waals surface area contributed by atoms with Gasteiger partial charge in [-0.2, -0.15) is 0 Å². The molecule has 262 valence electrons. The minimum absolute atomic E-state index is 0.539. The summed E-state index contributed by atoms with van der Waals surface area (Å²) in [5, 5.41) is 4.90. The molecule has 1 unspecified atom stereocenters. The molecule has 0 amide bonds. The van der Waals surface area contributed by atoms with E-state index in [0.29, 0.717) is 0 Å². The number of anilines is 3. The Balaban J connectivity index is 1.06. The molecule has 0 saturated carbocycles. The first kappa shape index (κ1) is 31.4. The summed E-state index contributed by atoms with van der Waals surface area (Å²) in [5.41, 5.74) is 12.8. The molecule has 9 aromatic carbocycles. The zero-order valence-electron chi connectivity index (χ0n) is 30.3. The van der Waals surface area contributed by atoms with Crippen molar-refractivity contribution in [1.82, 2.24) is 0 Å². The highest BCUT2D eigenvalue weighted by Gasteiger charge is 2.51. The van der Waals surface area contributed by atoms with Gasteiger partial charge in [0, 0.05) is 43.4 Å². The third-order valence-electron chi connectivity index (χ3n) is 11.9. The number of thiophene rings is 1. The first-order chi connectivity index (χ1) is 27.8. The number of ether oxygens (including phenoxy) is 1. The largest absolute Gasteiger partial charge is 0.456 e. The monoisotopic (exact) mass is 731 g/mol. The fourth-order valence-electron chi connectivity index (χ4n) is 9.62. The quantitative estimate of drug-likeness (QED) is 0.179. The van der Waals surface area contributed by atoms with E-state index in [1.54, 1.807) is 0 Å². The molecular formula is C53H33NOS. The number of hydrogen-bond donors (Lipinski definition) is 0. The lowest BCUT2D eigenvalue weighted by molar-refractivity contribution is 0.441. The van der Waals surface area contributed by atoms with Crippen LogP contribution in [0.3, 0.4) is 0 Å². The number of hydrogen-bond acceptors (Lipinski definition) is 3. The standard InChI is InChI=1S/C53H33NOS/c1-2-15-36(16-3-1)54(47-25-13-21-41-40-18-7-11-27-49(40)56-52(41)47)37-31-28-35(29-32-37)38-20-12-24-45-50(38)42-19-6-8-22-43(42)53(45)44-23-9-10-26-48(44)55-51-39-17-5-4-14-34(39)30-33-46(51)53/h1-33H. The van der Waals surface area contributed by atoms with Crippen molar-refractivity contribution in [1.29, 1.82) is 0 Å². The van der Waals surface area contributed by atoms with E-state index in [4.69, 9.17) is 4.74 Å². The zero-order valence-corrected chi connectivity index (χ0v) is 31.1. The lowest BCUT2D eigenvalue weighted by Crippen LogP contribution is -2.32. The maximum Gasteiger partial charge on any atom is 0.140 e. The van der Waals surface area contributed by atoms with Gasteiger partial charge in [-0.25, -0.2) is 0 Å². The molecule has 2 nitrogen and oxygen atoms in total. The van der Waals surface area contributed by atoms with E-state index in [-0.39, 0.29) is 0 Å². The Morgan fingerprint density at radius 2 is 1.09 bits per heavy atom. The Bertz CT molecular complexity index is 3180. The number of rotatable bonds is 4. The van der Waals surface area contributed by atoms with Gasteiger partial charge in [-0.15, -0.1) is 11.3 Å². The molecule has 2 heterocycles. The summed E-state index contributed by atoms with van der Waals surface area (Å²) in [4.78, 5) is 2.40. The Hall–Kier alpha value is -6.94. The Morgan fingerprint density at radius 1 is 0.429 bits per heavy atom. The average molecular weight is 732 g/mol. The van der Waals surface area contributed by atoms with Crippen LogP contribution < -0.4 is 9.64 Å². The van der Waals surface area contributed by atoms with Gasteiger partial charge in [0.05, 0.1) is 15.8 Å². The summed E-state index contributed by atoms with van der Waals surface area (Å²) in [6.07, 6.45) is 0. The van der Waals surface area contributed by atoms with Crippen molar-refractivity contribution < 1.29 is 4.74 Å². The van der Waals surface area contributed by atoms with Gasteiger partial charge in [0.2, 0.25) is 0 Å². The van der Waals surface area contributed by atoms with Gasteiger partial charge in [-0.3, -0.25) is 0 Å². The van der Waals surface area contributed by atoms with Crippen molar-refractivity contribution in [3.63, 3.8) is 0 Å². The van der Waals surface area contributed by atoms with Crippen LogP contribution in [0, 0.1) is 0 Å². The summed E-state index contributed by atoms with van der Waals surface area (Å²) in [6, 6.07) is 73.0. The van der Waals surface area contributed by atoms with Crippen LogP contribution >= 0.6 is 11.3 Å². The van der Waals surface area contributed by atoms with Crippen molar-refractivity contribution in [2.45, 2.75) is 5.41 Å². The van der Waals surface area contributed by atoms with E-state index in [9.17, 15) is 0 Å². The Labute approximate surface area is 329 Å². The van der Waals surface area contributed by atoms with Crippen LogP contribution in [0.5, 0.6) is 11.5 Å². The molecule has 1 aliphatic carbocycles. The Morgan fingerprint density at radius 3 is 1.98 bits per heavy atom. The lowest BCUT2D eigenvalue weighted by Gasteiger charge is -2.39. The van der Waals surface area contributed by atoms with E-state index in [2.05, 4.69) is 205 Å². The molecular weight excluding hydrogens is 699 g/mol. The highest BCUT2D eigenvalue weighted by atomic mass is 32.1. The second-order valence-corrected chi connectivity index (χ2v) is 15.8. The summed E-state index contributed by atoms with van der Waals surface area (Å²) in [7, 11) is 0. The highest BCUT2D eigenvalue weighted by Crippen LogP contribution is 2.64. The SMILES string of the molecule is c1ccc(N(c2ccc(-c3cccc4c3-c3ccccc3C43c4ccccc4Oc4c3ccc3ccccc43)cc2)c2cccc3c2sc2ccccc23)cc1. The molecule has 1 spiro atoms. The van der Waals surface area contributed by atoms with Gasteiger partial charge in [-0.1, -0.05) is 158 Å². The van der Waals surface area contributed by atoms with Crippen LogP contribution in [-0.4, -0.2) is 0 Å². The molecule has 1 aromatic heterocycles. The first-order valence-corrected chi connectivity index (χ1v) is 20.0. The van der Waals surface area contributed by atoms with Crippen LogP contribution in [-0.2, 0) is 5.41 Å². The summed E-state index contributed by atoms with van der Waals surface area (Å²) in [6.45, 7) is 0. The van der Waals surface area contributed by atoms with Gasteiger partial charge < -0.3 is 9.64 Å². The van der Waals surface area contributed by atoms with Crippen molar-refractivity contribution in [2.24, 2.45) is 0 Å². The van der Waals surface area contributed by atoms with Crippen molar-refractivity contribution in [2.75, 3.05) is 4.90 Å². The molecule has 3 heteroatoms. The van der Waals surface area contributed by atoms with Crippen LogP contribution in [0.4, 0.5) is 17.1 Å². The third-order valence-corrected chi connectivity index (χ3v) is 13.1. The molecule has 1 aliphatic heterocycles. The first-order valence-electron chi connectivity index (χ1n) is 19.2. The van der Waals surface area contributed by atoms with Crippen molar-refractivity contribution in [3.8, 4) is 33.8 Å². The van der Waals surface area contributed by atoms with Crippen molar-refractivity contribution >= 4 is 59.3 Å². The fourth-order valence-corrected chi connectivity index (χ4v) is 10.8. The molecule has 0 N–H and O–H groups in total.